The van der Waals surface area contributed by atoms with Gasteiger partial charge in [-0.1, -0.05) is 37.2 Å². The molecule has 2 N–H and O–H groups in total. The van der Waals surface area contributed by atoms with Crippen LogP contribution in [-0.4, -0.2) is 30.0 Å². The number of thioether (sulfide) groups is 1. The highest BCUT2D eigenvalue weighted by Gasteiger charge is 2.07. The molecule has 0 radical (unpaired) electrons. The summed E-state index contributed by atoms with van der Waals surface area (Å²) in [6.45, 7) is 8.41. The van der Waals surface area contributed by atoms with Gasteiger partial charge in [-0.2, -0.15) is 0 Å². The maximum atomic E-state index is 5.32. The van der Waals surface area contributed by atoms with Gasteiger partial charge in [-0.05, 0) is 25.0 Å². The Balaban J connectivity index is 1.79. The number of rotatable bonds is 8. The topological polar surface area (TPSA) is 62.5 Å². The fourth-order valence-corrected chi connectivity index (χ4v) is 2.82. The van der Waals surface area contributed by atoms with Gasteiger partial charge in [0, 0.05) is 29.8 Å². The molecule has 6 heteroatoms. The molecule has 2 aromatic rings. The second kappa shape index (κ2) is 10.0. The number of nitrogens with one attached hydrogen (secondary N) is 2. The number of guanidine groups is 1. The lowest BCUT2D eigenvalue weighted by Crippen LogP contribution is -2.38. The van der Waals surface area contributed by atoms with Crippen molar-refractivity contribution < 1.29 is 4.52 Å². The molecule has 1 aromatic heterocycles. The van der Waals surface area contributed by atoms with Crippen molar-refractivity contribution >= 4 is 17.7 Å². The molecular formula is C18H26N4OS. The van der Waals surface area contributed by atoms with Gasteiger partial charge in [-0.25, -0.2) is 4.99 Å². The van der Waals surface area contributed by atoms with Crippen LogP contribution in [-0.2, 0) is 6.54 Å². The third-order valence-electron chi connectivity index (χ3n) is 3.31. The highest BCUT2D eigenvalue weighted by molar-refractivity contribution is 7.99. The molecule has 1 heterocycles. The summed E-state index contributed by atoms with van der Waals surface area (Å²) >= 11 is 1.83. The third kappa shape index (κ3) is 6.28. The van der Waals surface area contributed by atoms with Crippen LogP contribution in [0, 0.1) is 0 Å². The lowest BCUT2D eigenvalue weighted by atomic mass is 10.1. The first-order chi connectivity index (χ1) is 11.7. The molecule has 24 heavy (non-hydrogen) atoms. The van der Waals surface area contributed by atoms with Crippen LogP contribution in [0.4, 0.5) is 0 Å². The molecule has 130 valence electrons. The molecule has 0 fully saturated rings. The monoisotopic (exact) mass is 346 g/mol. The molecule has 0 saturated heterocycles. The van der Waals surface area contributed by atoms with Gasteiger partial charge in [0.25, 0.3) is 0 Å². The Morgan fingerprint density at radius 2 is 2.04 bits per heavy atom. The SMILES string of the molecule is CCNC(=NCc1cc(C(C)C)no1)NCCSc1ccccc1. The van der Waals surface area contributed by atoms with E-state index in [1.165, 1.54) is 4.90 Å². The van der Waals surface area contributed by atoms with Crippen LogP contribution in [0.5, 0.6) is 0 Å². The fourth-order valence-electron chi connectivity index (χ4n) is 2.03. The van der Waals surface area contributed by atoms with Crippen molar-refractivity contribution in [2.24, 2.45) is 4.99 Å². The number of nitrogens with zero attached hydrogens (tertiary/aromatic N) is 2. The Hall–Kier alpha value is -1.95. The minimum atomic E-state index is 0.368. The molecule has 0 aliphatic rings. The Morgan fingerprint density at radius 3 is 2.71 bits per heavy atom. The molecule has 0 atom stereocenters. The van der Waals surface area contributed by atoms with Gasteiger partial charge in [-0.15, -0.1) is 11.8 Å². The van der Waals surface area contributed by atoms with E-state index >= 15 is 0 Å². The van der Waals surface area contributed by atoms with Crippen molar-refractivity contribution in [2.75, 3.05) is 18.8 Å². The molecule has 0 saturated carbocycles. The van der Waals surface area contributed by atoms with Crippen LogP contribution >= 0.6 is 11.8 Å². The van der Waals surface area contributed by atoms with E-state index in [1.807, 2.05) is 23.9 Å². The van der Waals surface area contributed by atoms with E-state index in [9.17, 15) is 0 Å². The van der Waals surface area contributed by atoms with Crippen LogP contribution in [0.15, 0.2) is 50.8 Å². The van der Waals surface area contributed by atoms with E-state index in [4.69, 9.17) is 4.52 Å². The van der Waals surface area contributed by atoms with Crippen LogP contribution < -0.4 is 10.6 Å². The maximum absolute atomic E-state index is 5.32. The average molecular weight is 346 g/mol. The Bertz CT molecular complexity index is 625. The predicted octanol–water partition coefficient (Wildman–Crippen LogP) is 3.65. The van der Waals surface area contributed by atoms with Crippen molar-refractivity contribution in [3.05, 3.63) is 47.9 Å². The standard InChI is InChI=1S/C18H26N4OS/c1-4-19-18(20-10-11-24-16-8-6-5-7-9-16)21-13-15-12-17(14(2)3)22-23-15/h5-9,12,14H,4,10-11,13H2,1-3H3,(H2,19,20,21). The molecule has 0 amide bonds. The van der Waals surface area contributed by atoms with E-state index in [2.05, 4.69) is 65.8 Å². The summed E-state index contributed by atoms with van der Waals surface area (Å²) in [5.41, 5.74) is 0.970. The second-order valence-corrected chi connectivity index (χ2v) is 6.82. The van der Waals surface area contributed by atoms with Crippen molar-refractivity contribution in [2.45, 2.75) is 38.1 Å². The molecule has 2 rings (SSSR count). The summed E-state index contributed by atoms with van der Waals surface area (Å²) in [6.07, 6.45) is 0. The summed E-state index contributed by atoms with van der Waals surface area (Å²) in [7, 11) is 0. The van der Waals surface area contributed by atoms with Crippen LogP contribution in [0.25, 0.3) is 0 Å². The zero-order valence-corrected chi connectivity index (χ0v) is 15.4. The highest BCUT2D eigenvalue weighted by atomic mass is 32.2. The van der Waals surface area contributed by atoms with Gasteiger partial charge in [0.1, 0.15) is 6.54 Å². The second-order valence-electron chi connectivity index (χ2n) is 5.66. The van der Waals surface area contributed by atoms with E-state index in [0.717, 1.165) is 36.3 Å². The number of benzene rings is 1. The molecule has 0 bridgehead atoms. The maximum Gasteiger partial charge on any atom is 0.191 e. The van der Waals surface area contributed by atoms with Gasteiger partial charge in [0.2, 0.25) is 0 Å². The van der Waals surface area contributed by atoms with Gasteiger partial charge in [0.15, 0.2) is 11.7 Å². The normalized spacial score (nSPS) is 11.8. The van der Waals surface area contributed by atoms with E-state index in [0.29, 0.717) is 12.5 Å². The summed E-state index contributed by atoms with van der Waals surface area (Å²) in [6, 6.07) is 12.4. The lowest BCUT2D eigenvalue weighted by molar-refractivity contribution is 0.376. The quantitative estimate of drug-likeness (QED) is 0.331. The molecule has 5 nitrogen and oxygen atoms in total. The highest BCUT2D eigenvalue weighted by Crippen LogP contribution is 2.16. The molecule has 0 spiro atoms. The van der Waals surface area contributed by atoms with Crippen molar-refractivity contribution in [3.8, 4) is 0 Å². The minimum absolute atomic E-state index is 0.368. The largest absolute Gasteiger partial charge is 0.359 e. The number of aliphatic imine (C=N–C) groups is 1. The number of hydrogen-bond acceptors (Lipinski definition) is 4. The summed E-state index contributed by atoms with van der Waals surface area (Å²) in [5.74, 6) is 2.94. The van der Waals surface area contributed by atoms with E-state index < -0.39 is 0 Å². The number of hydrogen-bond donors (Lipinski definition) is 2. The Kier molecular flexibility index (Phi) is 7.68. The molecular weight excluding hydrogens is 320 g/mol. The van der Waals surface area contributed by atoms with Gasteiger partial charge < -0.3 is 15.2 Å². The zero-order chi connectivity index (χ0) is 17.2. The molecule has 1 aromatic carbocycles. The Morgan fingerprint density at radius 1 is 1.25 bits per heavy atom. The summed E-state index contributed by atoms with van der Waals surface area (Å²) < 4.78 is 5.32. The minimum Gasteiger partial charge on any atom is -0.359 e. The zero-order valence-electron chi connectivity index (χ0n) is 14.6. The first-order valence-electron chi connectivity index (χ1n) is 8.34. The molecule has 0 aliphatic heterocycles. The third-order valence-corrected chi connectivity index (χ3v) is 4.33. The van der Waals surface area contributed by atoms with Gasteiger partial charge in [0.05, 0.1) is 5.69 Å². The Labute approximate surface area is 148 Å². The lowest BCUT2D eigenvalue weighted by Gasteiger charge is -2.10. The van der Waals surface area contributed by atoms with Gasteiger partial charge in [-0.3, -0.25) is 0 Å². The predicted molar refractivity (Wildman–Crippen MR) is 101 cm³/mol. The summed E-state index contributed by atoms with van der Waals surface area (Å²) in [5, 5.41) is 10.7. The van der Waals surface area contributed by atoms with Gasteiger partial charge >= 0.3 is 0 Å². The van der Waals surface area contributed by atoms with Crippen molar-refractivity contribution in [1.29, 1.82) is 0 Å². The smallest absolute Gasteiger partial charge is 0.191 e. The average Bonchev–Trinajstić information content (AvgIpc) is 3.06. The first-order valence-corrected chi connectivity index (χ1v) is 9.33. The van der Waals surface area contributed by atoms with Crippen molar-refractivity contribution in [3.63, 3.8) is 0 Å². The fraction of sp³-hybridized carbons (Fsp3) is 0.444. The van der Waals surface area contributed by atoms with Crippen LogP contribution in [0.2, 0.25) is 0 Å². The van der Waals surface area contributed by atoms with Crippen molar-refractivity contribution in [1.82, 2.24) is 15.8 Å². The van der Waals surface area contributed by atoms with Crippen LogP contribution in [0.3, 0.4) is 0 Å². The first kappa shape index (κ1) is 18.4. The molecule has 0 aliphatic carbocycles. The number of aromatic nitrogens is 1. The van der Waals surface area contributed by atoms with E-state index in [1.54, 1.807) is 0 Å². The summed E-state index contributed by atoms with van der Waals surface area (Å²) in [4.78, 5) is 5.83. The molecule has 0 unspecified atom stereocenters. The van der Waals surface area contributed by atoms with Crippen LogP contribution in [0.1, 0.15) is 38.1 Å². The van der Waals surface area contributed by atoms with E-state index in [-0.39, 0.29) is 0 Å².